The largest absolute Gasteiger partial charge is 0.306 e. The highest BCUT2D eigenvalue weighted by molar-refractivity contribution is 9.10. The van der Waals surface area contributed by atoms with E-state index in [1.54, 1.807) is 0 Å². The fourth-order valence-electron chi connectivity index (χ4n) is 2.02. The molecule has 3 heteroatoms. The van der Waals surface area contributed by atoms with Crippen LogP contribution in [-0.4, -0.2) is 6.54 Å². The summed E-state index contributed by atoms with van der Waals surface area (Å²) in [7, 11) is 0. The molecule has 1 atom stereocenters. The standard InChI is InChI=1S/C15H18BrNS/c1-3-9-17-14(15-11(2)8-10-18-15)12-6-4-5-7-13(12)16/h4-8,10,14,17H,3,9H2,1-2H3. The molecule has 2 rings (SSSR count). The number of aryl methyl sites for hydroxylation is 1. The fraction of sp³-hybridized carbons (Fsp3) is 0.333. The van der Waals surface area contributed by atoms with E-state index < -0.39 is 0 Å². The van der Waals surface area contributed by atoms with E-state index in [0.717, 1.165) is 13.0 Å². The molecule has 0 saturated carbocycles. The summed E-state index contributed by atoms with van der Waals surface area (Å²) >= 11 is 5.49. The van der Waals surface area contributed by atoms with E-state index in [9.17, 15) is 0 Å². The van der Waals surface area contributed by atoms with Gasteiger partial charge in [-0.05, 0) is 48.5 Å². The number of benzene rings is 1. The van der Waals surface area contributed by atoms with E-state index >= 15 is 0 Å². The van der Waals surface area contributed by atoms with Crippen LogP contribution in [0.2, 0.25) is 0 Å². The van der Waals surface area contributed by atoms with Crippen LogP contribution in [0.5, 0.6) is 0 Å². The average molecular weight is 324 g/mol. The lowest BCUT2D eigenvalue weighted by Crippen LogP contribution is -2.23. The van der Waals surface area contributed by atoms with Gasteiger partial charge in [-0.3, -0.25) is 0 Å². The molecule has 1 nitrogen and oxygen atoms in total. The summed E-state index contributed by atoms with van der Waals surface area (Å²) in [6, 6.07) is 10.9. The van der Waals surface area contributed by atoms with Gasteiger partial charge >= 0.3 is 0 Å². The van der Waals surface area contributed by atoms with Crippen LogP contribution in [0.25, 0.3) is 0 Å². The van der Waals surface area contributed by atoms with Crippen molar-refractivity contribution in [3.63, 3.8) is 0 Å². The molecule has 0 amide bonds. The molecule has 1 N–H and O–H groups in total. The van der Waals surface area contributed by atoms with Crippen molar-refractivity contribution in [3.05, 3.63) is 56.2 Å². The van der Waals surface area contributed by atoms with Gasteiger partial charge in [-0.25, -0.2) is 0 Å². The van der Waals surface area contributed by atoms with Gasteiger partial charge < -0.3 is 5.32 Å². The molecule has 0 bridgehead atoms. The van der Waals surface area contributed by atoms with Gasteiger partial charge in [0, 0.05) is 9.35 Å². The summed E-state index contributed by atoms with van der Waals surface area (Å²) in [6.45, 7) is 5.41. The van der Waals surface area contributed by atoms with Gasteiger partial charge in [-0.15, -0.1) is 11.3 Å². The van der Waals surface area contributed by atoms with Crippen LogP contribution in [0.1, 0.15) is 35.4 Å². The van der Waals surface area contributed by atoms with Crippen LogP contribution in [0, 0.1) is 6.92 Å². The van der Waals surface area contributed by atoms with Gasteiger partial charge in [0.05, 0.1) is 6.04 Å². The first-order valence-electron chi connectivity index (χ1n) is 6.25. The minimum Gasteiger partial charge on any atom is -0.306 e. The molecule has 1 unspecified atom stereocenters. The molecule has 1 aromatic heterocycles. The average Bonchev–Trinajstić information content (AvgIpc) is 2.78. The smallest absolute Gasteiger partial charge is 0.0684 e. The van der Waals surface area contributed by atoms with Crippen LogP contribution < -0.4 is 5.32 Å². The molecule has 0 radical (unpaired) electrons. The Kier molecular flexibility index (Phi) is 4.98. The molecule has 0 aliphatic carbocycles. The Morgan fingerprint density at radius 1 is 1.28 bits per heavy atom. The third-order valence-corrected chi connectivity index (χ3v) is 4.78. The normalized spacial score (nSPS) is 12.6. The molecule has 0 fully saturated rings. The summed E-state index contributed by atoms with van der Waals surface area (Å²) < 4.78 is 1.17. The molecular weight excluding hydrogens is 306 g/mol. The number of hydrogen-bond acceptors (Lipinski definition) is 2. The lowest BCUT2D eigenvalue weighted by atomic mass is 10.0. The van der Waals surface area contributed by atoms with Crippen molar-refractivity contribution in [2.24, 2.45) is 0 Å². The minimum absolute atomic E-state index is 0.292. The Labute approximate surface area is 121 Å². The van der Waals surface area contributed by atoms with Crippen LogP contribution >= 0.6 is 27.3 Å². The van der Waals surface area contributed by atoms with E-state index in [0.29, 0.717) is 6.04 Å². The Bertz CT molecular complexity index is 507. The molecule has 0 spiro atoms. The SMILES string of the molecule is CCCNC(c1ccccc1Br)c1sccc1C. The Hall–Kier alpha value is -0.640. The van der Waals surface area contributed by atoms with Crippen molar-refractivity contribution in [3.8, 4) is 0 Å². The molecule has 18 heavy (non-hydrogen) atoms. The van der Waals surface area contributed by atoms with Crippen molar-refractivity contribution in [2.75, 3.05) is 6.54 Å². The van der Waals surface area contributed by atoms with Gasteiger partial charge in [-0.2, -0.15) is 0 Å². The Balaban J connectivity index is 2.37. The lowest BCUT2D eigenvalue weighted by Gasteiger charge is -2.20. The second-order valence-corrected chi connectivity index (χ2v) is 6.18. The van der Waals surface area contributed by atoms with Gasteiger partial charge in [0.25, 0.3) is 0 Å². The van der Waals surface area contributed by atoms with Gasteiger partial charge in [0.2, 0.25) is 0 Å². The summed E-state index contributed by atoms with van der Waals surface area (Å²) in [5.41, 5.74) is 2.68. The number of hydrogen-bond donors (Lipinski definition) is 1. The van der Waals surface area contributed by atoms with E-state index in [4.69, 9.17) is 0 Å². The first kappa shape index (κ1) is 13.8. The molecule has 2 aromatic rings. The number of thiophene rings is 1. The van der Waals surface area contributed by atoms with Crippen LogP contribution in [0.4, 0.5) is 0 Å². The molecule has 96 valence electrons. The molecule has 1 heterocycles. The maximum Gasteiger partial charge on any atom is 0.0684 e. The summed E-state index contributed by atoms with van der Waals surface area (Å²) in [6.07, 6.45) is 1.14. The molecule has 0 aliphatic rings. The maximum atomic E-state index is 3.66. The Morgan fingerprint density at radius 2 is 2.06 bits per heavy atom. The van der Waals surface area contributed by atoms with Crippen LogP contribution in [0.15, 0.2) is 40.2 Å². The van der Waals surface area contributed by atoms with Crippen LogP contribution in [0.3, 0.4) is 0 Å². The molecule has 0 saturated heterocycles. The predicted molar refractivity (Wildman–Crippen MR) is 83.3 cm³/mol. The Morgan fingerprint density at radius 3 is 2.67 bits per heavy atom. The summed E-state index contributed by atoms with van der Waals surface area (Å²) in [5, 5.41) is 5.82. The van der Waals surface area contributed by atoms with E-state index in [2.05, 4.69) is 70.8 Å². The number of rotatable bonds is 5. The first-order valence-corrected chi connectivity index (χ1v) is 7.93. The van der Waals surface area contributed by atoms with E-state index in [1.807, 2.05) is 11.3 Å². The lowest BCUT2D eigenvalue weighted by molar-refractivity contribution is 0.602. The predicted octanol–water partition coefficient (Wildman–Crippen LogP) is 4.91. The van der Waals surface area contributed by atoms with Crippen molar-refractivity contribution < 1.29 is 0 Å². The third-order valence-electron chi connectivity index (χ3n) is 2.98. The van der Waals surface area contributed by atoms with Gasteiger partial charge in [-0.1, -0.05) is 41.1 Å². The molecule has 0 aliphatic heterocycles. The zero-order chi connectivity index (χ0) is 13.0. The van der Waals surface area contributed by atoms with Gasteiger partial charge in [0.15, 0.2) is 0 Å². The number of halogens is 1. The maximum absolute atomic E-state index is 3.66. The zero-order valence-corrected chi connectivity index (χ0v) is 13.1. The quantitative estimate of drug-likeness (QED) is 0.824. The highest BCUT2D eigenvalue weighted by atomic mass is 79.9. The first-order chi connectivity index (χ1) is 8.74. The van der Waals surface area contributed by atoms with Crippen molar-refractivity contribution in [1.29, 1.82) is 0 Å². The topological polar surface area (TPSA) is 12.0 Å². The van der Waals surface area contributed by atoms with Crippen molar-refractivity contribution in [1.82, 2.24) is 5.32 Å². The monoisotopic (exact) mass is 323 g/mol. The second kappa shape index (κ2) is 6.50. The van der Waals surface area contributed by atoms with Crippen molar-refractivity contribution in [2.45, 2.75) is 26.3 Å². The summed E-state index contributed by atoms with van der Waals surface area (Å²) in [5.74, 6) is 0. The number of nitrogens with one attached hydrogen (secondary N) is 1. The molecular formula is C15H18BrNS. The minimum atomic E-state index is 0.292. The van der Waals surface area contributed by atoms with Crippen molar-refractivity contribution >= 4 is 27.3 Å². The van der Waals surface area contributed by atoms with Gasteiger partial charge in [0.1, 0.15) is 0 Å². The molecule has 1 aromatic carbocycles. The highest BCUT2D eigenvalue weighted by Gasteiger charge is 2.18. The highest BCUT2D eigenvalue weighted by Crippen LogP contribution is 2.33. The van der Waals surface area contributed by atoms with Crippen LogP contribution in [-0.2, 0) is 0 Å². The van der Waals surface area contributed by atoms with E-state index in [-0.39, 0.29) is 0 Å². The summed E-state index contributed by atoms with van der Waals surface area (Å²) in [4.78, 5) is 1.41. The van der Waals surface area contributed by atoms with E-state index in [1.165, 1.54) is 20.5 Å². The zero-order valence-electron chi connectivity index (χ0n) is 10.7. The third kappa shape index (κ3) is 3.02. The second-order valence-electron chi connectivity index (χ2n) is 4.38. The fourth-order valence-corrected chi connectivity index (χ4v) is 3.55.